The lowest BCUT2D eigenvalue weighted by Crippen LogP contribution is -2.51. The molecule has 0 radical (unpaired) electrons. The molecule has 29 heavy (non-hydrogen) atoms. The van der Waals surface area contributed by atoms with Crippen LogP contribution in [0.3, 0.4) is 0 Å². The van der Waals surface area contributed by atoms with Crippen LogP contribution in [-0.4, -0.2) is 62.9 Å². The van der Waals surface area contributed by atoms with E-state index in [4.69, 9.17) is 0 Å². The molecule has 0 bridgehead atoms. The minimum atomic E-state index is -0.921. The number of benzene rings is 1. The number of aromatic nitrogens is 2. The van der Waals surface area contributed by atoms with Crippen molar-refractivity contribution < 1.29 is 9.90 Å². The molecule has 1 atom stereocenters. The third-order valence-electron chi connectivity index (χ3n) is 6.28. The molecule has 0 amide bonds. The first-order chi connectivity index (χ1) is 14.1. The molecule has 7 nitrogen and oxygen atoms in total. The van der Waals surface area contributed by atoms with Crippen LogP contribution in [0.2, 0.25) is 0 Å². The van der Waals surface area contributed by atoms with E-state index in [1.165, 1.54) is 0 Å². The van der Waals surface area contributed by atoms with Crippen LogP contribution in [0.25, 0.3) is 0 Å². The Hall–Kier alpha value is -2.69. The van der Waals surface area contributed by atoms with E-state index in [-0.39, 0.29) is 5.69 Å². The number of nitriles is 1. The van der Waals surface area contributed by atoms with Crippen LogP contribution >= 0.6 is 0 Å². The fourth-order valence-electron chi connectivity index (χ4n) is 4.71. The fraction of sp³-hybridized carbons (Fsp3) is 0.500. The molecule has 2 aliphatic rings. The minimum Gasteiger partial charge on any atom is -0.476 e. The number of fused-ring (bicyclic) bond motifs is 1. The minimum absolute atomic E-state index is 0.235. The van der Waals surface area contributed by atoms with E-state index in [9.17, 15) is 15.2 Å². The number of aromatic carboxylic acids is 1. The average Bonchev–Trinajstić information content (AvgIpc) is 3.13. The van der Waals surface area contributed by atoms with E-state index < -0.39 is 5.97 Å². The third kappa shape index (κ3) is 3.91. The van der Waals surface area contributed by atoms with Gasteiger partial charge >= 0.3 is 5.97 Å². The number of rotatable bonds is 5. The highest BCUT2D eigenvalue weighted by molar-refractivity contribution is 5.87. The van der Waals surface area contributed by atoms with Crippen LogP contribution in [0.4, 0.5) is 0 Å². The van der Waals surface area contributed by atoms with E-state index in [0.29, 0.717) is 12.6 Å². The summed E-state index contributed by atoms with van der Waals surface area (Å²) < 4.78 is 1.86. The van der Waals surface area contributed by atoms with E-state index in [0.717, 1.165) is 74.4 Å². The summed E-state index contributed by atoms with van der Waals surface area (Å²) in [6.07, 6.45) is 2.72. The predicted octanol–water partition coefficient (Wildman–Crippen LogP) is 2.15. The first kappa shape index (κ1) is 19.6. The molecule has 1 N–H and O–H groups in total. The topological polar surface area (TPSA) is 85.4 Å². The number of hydrogen-bond acceptors (Lipinski definition) is 5. The van der Waals surface area contributed by atoms with Gasteiger partial charge in [0.1, 0.15) is 0 Å². The van der Waals surface area contributed by atoms with Gasteiger partial charge in [0.25, 0.3) is 0 Å². The van der Waals surface area contributed by atoms with Crippen molar-refractivity contribution in [2.75, 3.05) is 26.2 Å². The van der Waals surface area contributed by atoms with Crippen molar-refractivity contribution >= 4 is 5.97 Å². The molecule has 1 fully saturated rings. The Balaban J connectivity index is 1.39. The molecule has 2 heterocycles. The summed E-state index contributed by atoms with van der Waals surface area (Å²) in [5, 5.41) is 23.2. The molecule has 0 unspecified atom stereocenters. The van der Waals surface area contributed by atoms with Gasteiger partial charge in [-0.25, -0.2) is 4.79 Å². The summed E-state index contributed by atoms with van der Waals surface area (Å²) in [4.78, 5) is 16.5. The third-order valence-corrected chi connectivity index (χ3v) is 6.28. The average molecular weight is 393 g/mol. The van der Waals surface area contributed by atoms with Gasteiger partial charge in [0.15, 0.2) is 5.69 Å². The van der Waals surface area contributed by atoms with Gasteiger partial charge in [-0.1, -0.05) is 18.2 Å². The molecule has 1 aliphatic heterocycles. The Kier molecular flexibility index (Phi) is 5.65. The number of hydrogen-bond donors (Lipinski definition) is 1. The van der Waals surface area contributed by atoms with Crippen molar-refractivity contribution in [3.05, 3.63) is 52.3 Å². The zero-order chi connectivity index (χ0) is 20.4. The summed E-state index contributed by atoms with van der Waals surface area (Å²) in [6, 6.07) is 10.5. The van der Waals surface area contributed by atoms with Crippen molar-refractivity contribution in [1.82, 2.24) is 19.6 Å². The molecule has 4 rings (SSSR count). The van der Waals surface area contributed by atoms with Gasteiger partial charge < -0.3 is 5.11 Å². The zero-order valence-corrected chi connectivity index (χ0v) is 16.8. The smallest absolute Gasteiger partial charge is 0.356 e. The monoisotopic (exact) mass is 393 g/mol. The molecule has 0 spiro atoms. The highest BCUT2D eigenvalue weighted by atomic mass is 16.4. The Labute approximate surface area is 171 Å². The second-order valence-electron chi connectivity index (χ2n) is 7.87. The maximum Gasteiger partial charge on any atom is 0.356 e. The quantitative estimate of drug-likeness (QED) is 0.838. The first-order valence-corrected chi connectivity index (χ1v) is 10.4. The molecule has 1 aliphatic carbocycles. The largest absolute Gasteiger partial charge is 0.476 e. The van der Waals surface area contributed by atoms with Crippen molar-refractivity contribution in [1.29, 1.82) is 5.26 Å². The summed E-state index contributed by atoms with van der Waals surface area (Å²) >= 11 is 0. The van der Waals surface area contributed by atoms with Crippen molar-refractivity contribution in [3.8, 4) is 6.07 Å². The molecule has 1 aromatic heterocycles. The molecule has 152 valence electrons. The molecule has 2 aromatic rings. The normalized spacial score (nSPS) is 20.2. The molecule has 1 aromatic carbocycles. The number of aryl methyl sites for hydroxylation is 1. The van der Waals surface area contributed by atoms with Gasteiger partial charge in [0, 0.05) is 56.6 Å². The van der Waals surface area contributed by atoms with Crippen molar-refractivity contribution in [3.63, 3.8) is 0 Å². The summed E-state index contributed by atoms with van der Waals surface area (Å²) in [6.45, 7) is 7.39. The van der Waals surface area contributed by atoms with Gasteiger partial charge in [-0.2, -0.15) is 10.4 Å². The Morgan fingerprint density at radius 2 is 2.03 bits per heavy atom. The van der Waals surface area contributed by atoms with Gasteiger partial charge in [0.05, 0.1) is 11.6 Å². The second-order valence-corrected chi connectivity index (χ2v) is 7.87. The lowest BCUT2D eigenvalue weighted by atomic mass is 9.90. The van der Waals surface area contributed by atoms with Gasteiger partial charge in [-0.15, -0.1) is 0 Å². The summed E-state index contributed by atoms with van der Waals surface area (Å²) in [5.74, 6) is -0.921. The SMILES string of the molecule is CCn1nc(C(=O)O)c2c1CC[C@H](N1CCN(Cc3ccccc3C#N)CC1)C2. The van der Waals surface area contributed by atoms with Gasteiger partial charge in [-0.05, 0) is 37.8 Å². The van der Waals surface area contributed by atoms with Crippen LogP contribution in [0.15, 0.2) is 24.3 Å². The molecule has 0 saturated carbocycles. The predicted molar refractivity (Wildman–Crippen MR) is 109 cm³/mol. The molecule has 7 heteroatoms. The Morgan fingerprint density at radius 3 is 2.72 bits per heavy atom. The van der Waals surface area contributed by atoms with Crippen LogP contribution in [-0.2, 0) is 25.9 Å². The maximum atomic E-state index is 11.6. The fourth-order valence-corrected chi connectivity index (χ4v) is 4.71. The van der Waals surface area contributed by atoms with Crippen molar-refractivity contribution in [2.45, 2.75) is 45.3 Å². The number of carboxylic acid groups (broad SMARTS) is 1. The van der Waals surface area contributed by atoms with E-state index in [2.05, 4.69) is 21.0 Å². The first-order valence-electron chi connectivity index (χ1n) is 10.4. The lowest BCUT2D eigenvalue weighted by molar-refractivity contribution is 0.0684. The van der Waals surface area contributed by atoms with E-state index in [1.54, 1.807) is 0 Å². The van der Waals surface area contributed by atoms with E-state index in [1.807, 2.05) is 35.9 Å². The van der Waals surface area contributed by atoms with Crippen LogP contribution in [0, 0.1) is 11.3 Å². The Morgan fingerprint density at radius 1 is 1.28 bits per heavy atom. The molecular formula is C22H27N5O2. The van der Waals surface area contributed by atoms with Gasteiger partial charge in [0.2, 0.25) is 0 Å². The van der Waals surface area contributed by atoms with Crippen LogP contribution in [0.5, 0.6) is 0 Å². The van der Waals surface area contributed by atoms with Crippen LogP contribution < -0.4 is 0 Å². The zero-order valence-electron chi connectivity index (χ0n) is 16.8. The molecule has 1 saturated heterocycles. The number of nitrogens with zero attached hydrogens (tertiary/aromatic N) is 5. The molecular weight excluding hydrogens is 366 g/mol. The van der Waals surface area contributed by atoms with E-state index >= 15 is 0 Å². The lowest BCUT2D eigenvalue weighted by Gasteiger charge is -2.40. The second kappa shape index (κ2) is 8.36. The highest BCUT2D eigenvalue weighted by Gasteiger charge is 2.32. The highest BCUT2D eigenvalue weighted by Crippen LogP contribution is 2.28. The van der Waals surface area contributed by atoms with Crippen LogP contribution in [0.1, 0.15) is 46.2 Å². The number of piperazine rings is 1. The number of carbonyl (C=O) groups is 1. The Bertz CT molecular complexity index is 937. The standard InChI is InChI=1S/C22H27N5O2/c1-2-27-20-8-7-18(13-19(20)21(24-27)22(28)29)26-11-9-25(10-12-26)15-17-6-4-3-5-16(17)14-23/h3-6,18H,2,7-13,15H2,1H3,(H,28,29)/t18-/m0/s1. The van der Waals surface area contributed by atoms with Crippen molar-refractivity contribution in [2.24, 2.45) is 0 Å². The van der Waals surface area contributed by atoms with Gasteiger partial charge in [-0.3, -0.25) is 14.5 Å². The maximum absolute atomic E-state index is 11.6. The summed E-state index contributed by atoms with van der Waals surface area (Å²) in [5.41, 5.74) is 4.11. The number of carboxylic acids is 1. The summed E-state index contributed by atoms with van der Waals surface area (Å²) in [7, 11) is 0.